The molecule has 5 nitrogen and oxygen atoms in total. The van der Waals surface area contributed by atoms with Crippen LogP contribution in [0.4, 0.5) is 5.82 Å². The van der Waals surface area contributed by atoms with Crippen molar-refractivity contribution in [3.8, 4) is 0 Å². The molecule has 0 spiro atoms. The van der Waals surface area contributed by atoms with Crippen LogP contribution < -0.4 is 5.73 Å². The second kappa shape index (κ2) is 4.97. The van der Waals surface area contributed by atoms with Gasteiger partial charge in [0.25, 0.3) is 0 Å². The number of benzene rings is 1. The zero-order valence-electron chi connectivity index (χ0n) is 10.3. The number of anilines is 1. The lowest BCUT2D eigenvalue weighted by Crippen LogP contribution is -2.11. The maximum atomic E-state index is 11.4. The van der Waals surface area contributed by atoms with E-state index in [0.29, 0.717) is 18.8 Å². The van der Waals surface area contributed by atoms with Crippen LogP contribution in [0.15, 0.2) is 24.3 Å². The average molecular weight is 267 g/mol. The third-order valence-electron chi connectivity index (χ3n) is 2.95. The fourth-order valence-corrected chi connectivity index (χ4v) is 2.76. The number of nitrogen functional groups attached to an aromatic ring is 1. The molecule has 0 saturated carbocycles. The van der Waals surface area contributed by atoms with E-state index in [0.717, 1.165) is 10.9 Å². The average Bonchev–Trinajstić information content (AvgIpc) is 2.67. The van der Waals surface area contributed by atoms with Crippen molar-refractivity contribution in [3.63, 3.8) is 0 Å². The SMILES string of the molecule is CCS(=O)(=O)CCCn1nc(N)c2ccccc21. The van der Waals surface area contributed by atoms with Gasteiger partial charge in [-0.1, -0.05) is 19.1 Å². The molecule has 1 aromatic heterocycles. The number of fused-ring (bicyclic) bond motifs is 1. The van der Waals surface area contributed by atoms with Crippen LogP contribution in [0, 0.1) is 0 Å². The van der Waals surface area contributed by atoms with Crippen LogP contribution in [0.3, 0.4) is 0 Å². The van der Waals surface area contributed by atoms with Gasteiger partial charge in [0.2, 0.25) is 0 Å². The summed E-state index contributed by atoms with van der Waals surface area (Å²) in [5, 5.41) is 5.15. The van der Waals surface area contributed by atoms with Crippen molar-refractivity contribution < 1.29 is 8.42 Å². The van der Waals surface area contributed by atoms with E-state index in [-0.39, 0.29) is 11.5 Å². The van der Waals surface area contributed by atoms with E-state index in [1.807, 2.05) is 24.3 Å². The Balaban J connectivity index is 2.13. The number of nitrogens with two attached hydrogens (primary N) is 1. The van der Waals surface area contributed by atoms with E-state index < -0.39 is 9.84 Å². The Kier molecular flexibility index (Phi) is 3.56. The quantitative estimate of drug-likeness (QED) is 0.889. The Morgan fingerprint density at radius 1 is 1.33 bits per heavy atom. The highest BCUT2D eigenvalue weighted by Crippen LogP contribution is 2.20. The fourth-order valence-electron chi connectivity index (χ4n) is 1.90. The first kappa shape index (κ1) is 12.9. The van der Waals surface area contributed by atoms with Crippen LogP contribution in [0.25, 0.3) is 10.9 Å². The molecule has 0 bridgehead atoms. The third-order valence-corrected chi connectivity index (χ3v) is 4.74. The molecule has 0 unspecified atom stereocenters. The molecular formula is C12H17N3O2S. The second-order valence-corrected chi connectivity index (χ2v) is 6.69. The number of sulfone groups is 1. The molecule has 0 atom stereocenters. The number of hydrogen-bond donors (Lipinski definition) is 1. The zero-order chi connectivity index (χ0) is 13.2. The Labute approximate surface area is 107 Å². The van der Waals surface area contributed by atoms with Gasteiger partial charge < -0.3 is 5.73 Å². The summed E-state index contributed by atoms with van der Waals surface area (Å²) in [6, 6.07) is 7.68. The molecule has 18 heavy (non-hydrogen) atoms. The minimum Gasteiger partial charge on any atom is -0.382 e. The standard InChI is InChI=1S/C12H17N3O2S/c1-2-18(16,17)9-5-8-15-11-7-4-3-6-10(11)12(13)14-15/h3-4,6-7H,2,5,8-9H2,1H3,(H2,13,14). The summed E-state index contributed by atoms with van der Waals surface area (Å²) in [7, 11) is -2.91. The summed E-state index contributed by atoms with van der Waals surface area (Å²) in [6.07, 6.45) is 0.557. The minimum absolute atomic E-state index is 0.189. The van der Waals surface area contributed by atoms with Gasteiger partial charge in [-0.15, -0.1) is 0 Å². The predicted octanol–water partition coefficient (Wildman–Crippen LogP) is 1.44. The number of aromatic nitrogens is 2. The molecular weight excluding hydrogens is 250 g/mol. The van der Waals surface area contributed by atoms with Crippen molar-refractivity contribution >= 4 is 26.6 Å². The van der Waals surface area contributed by atoms with Gasteiger partial charge in [-0.25, -0.2) is 8.42 Å². The number of hydrogen-bond acceptors (Lipinski definition) is 4. The first-order valence-corrected chi connectivity index (χ1v) is 7.77. The van der Waals surface area contributed by atoms with Crippen LogP contribution in [0.5, 0.6) is 0 Å². The van der Waals surface area contributed by atoms with Crippen LogP contribution in [0.1, 0.15) is 13.3 Å². The number of para-hydroxylation sites is 1. The summed E-state index contributed by atoms with van der Waals surface area (Å²) in [5.74, 6) is 0.871. The smallest absolute Gasteiger partial charge is 0.153 e. The van der Waals surface area contributed by atoms with Crippen molar-refractivity contribution in [2.45, 2.75) is 19.9 Å². The Morgan fingerprint density at radius 3 is 2.78 bits per heavy atom. The summed E-state index contributed by atoms with van der Waals surface area (Å²) in [6.45, 7) is 2.23. The number of nitrogens with zero attached hydrogens (tertiary/aromatic N) is 2. The summed E-state index contributed by atoms with van der Waals surface area (Å²) in [4.78, 5) is 0. The normalized spacial score (nSPS) is 12.1. The van der Waals surface area contributed by atoms with E-state index in [4.69, 9.17) is 5.73 Å². The maximum absolute atomic E-state index is 11.4. The number of aryl methyl sites for hydroxylation is 1. The highest BCUT2D eigenvalue weighted by atomic mass is 32.2. The highest BCUT2D eigenvalue weighted by Gasteiger charge is 2.10. The van der Waals surface area contributed by atoms with Gasteiger partial charge in [0, 0.05) is 17.7 Å². The molecule has 1 heterocycles. The Morgan fingerprint density at radius 2 is 2.06 bits per heavy atom. The fraction of sp³-hybridized carbons (Fsp3) is 0.417. The monoisotopic (exact) mass is 267 g/mol. The van der Waals surface area contributed by atoms with E-state index in [2.05, 4.69) is 5.10 Å². The van der Waals surface area contributed by atoms with Crippen molar-refractivity contribution in [3.05, 3.63) is 24.3 Å². The van der Waals surface area contributed by atoms with Crippen LogP contribution in [-0.4, -0.2) is 29.7 Å². The largest absolute Gasteiger partial charge is 0.382 e. The summed E-state index contributed by atoms with van der Waals surface area (Å²) < 4.78 is 24.6. The lowest BCUT2D eigenvalue weighted by atomic mass is 10.2. The molecule has 2 aromatic rings. The lowest BCUT2D eigenvalue weighted by Gasteiger charge is -2.03. The van der Waals surface area contributed by atoms with Gasteiger partial charge in [0.05, 0.1) is 11.3 Å². The van der Waals surface area contributed by atoms with Gasteiger partial charge in [-0.05, 0) is 18.6 Å². The van der Waals surface area contributed by atoms with Gasteiger partial charge in [0.1, 0.15) is 9.84 Å². The van der Waals surface area contributed by atoms with Crippen LogP contribution >= 0.6 is 0 Å². The zero-order valence-corrected chi connectivity index (χ0v) is 11.2. The van der Waals surface area contributed by atoms with Gasteiger partial charge in [-0.3, -0.25) is 4.68 Å². The van der Waals surface area contributed by atoms with E-state index in [9.17, 15) is 8.42 Å². The predicted molar refractivity (Wildman–Crippen MR) is 73.1 cm³/mol. The van der Waals surface area contributed by atoms with Crippen molar-refractivity contribution in [1.82, 2.24) is 9.78 Å². The minimum atomic E-state index is -2.91. The molecule has 6 heteroatoms. The molecule has 0 aliphatic carbocycles. The van der Waals surface area contributed by atoms with Crippen molar-refractivity contribution in [2.24, 2.45) is 0 Å². The molecule has 0 radical (unpaired) electrons. The summed E-state index contributed by atoms with van der Waals surface area (Å²) >= 11 is 0. The molecule has 0 aliphatic heterocycles. The van der Waals surface area contributed by atoms with Crippen LogP contribution in [-0.2, 0) is 16.4 Å². The van der Waals surface area contributed by atoms with E-state index >= 15 is 0 Å². The van der Waals surface area contributed by atoms with E-state index in [1.54, 1.807) is 11.6 Å². The molecule has 2 rings (SSSR count). The lowest BCUT2D eigenvalue weighted by molar-refractivity contribution is 0.580. The topological polar surface area (TPSA) is 78.0 Å². The van der Waals surface area contributed by atoms with E-state index in [1.165, 1.54) is 0 Å². The molecule has 0 aliphatic rings. The van der Waals surface area contributed by atoms with Crippen LogP contribution in [0.2, 0.25) is 0 Å². The molecule has 1 aromatic carbocycles. The molecule has 0 amide bonds. The maximum Gasteiger partial charge on any atom is 0.153 e. The first-order chi connectivity index (χ1) is 8.53. The van der Waals surface area contributed by atoms with Crippen molar-refractivity contribution in [2.75, 3.05) is 17.2 Å². The van der Waals surface area contributed by atoms with Gasteiger partial charge in [-0.2, -0.15) is 5.10 Å². The first-order valence-electron chi connectivity index (χ1n) is 5.95. The molecule has 0 saturated heterocycles. The number of rotatable bonds is 5. The van der Waals surface area contributed by atoms with Gasteiger partial charge in [0.15, 0.2) is 5.82 Å². The molecule has 98 valence electrons. The Bertz CT molecular complexity index is 646. The molecule has 0 fully saturated rings. The second-order valence-electron chi connectivity index (χ2n) is 4.22. The van der Waals surface area contributed by atoms with Gasteiger partial charge >= 0.3 is 0 Å². The highest BCUT2D eigenvalue weighted by molar-refractivity contribution is 7.91. The summed E-state index contributed by atoms with van der Waals surface area (Å²) in [5.41, 5.74) is 6.76. The molecule has 2 N–H and O–H groups in total. The van der Waals surface area contributed by atoms with Crippen molar-refractivity contribution in [1.29, 1.82) is 0 Å². The third kappa shape index (κ3) is 2.64. The Hall–Kier alpha value is -1.56.